The molecule has 0 aliphatic heterocycles. The van der Waals surface area contributed by atoms with Crippen LogP contribution in [0.4, 0.5) is 0 Å². The summed E-state index contributed by atoms with van der Waals surface area (Å²) in [7, 11) is 1.55. The van der Waals surface area contributed by atoms with Gasteiger partial charge >= 0.3 is 0 Å². The minimum Gasteiger partial charge on any atom is -0.468 e. The van der Waals surface area contributed by atoms with E-state index < -0.39 is 0 Å². The summed E-state index contributed by atoms with van der Waals surface area (Å²) in [6, 6.07) is 1.94. The monoisotopic (exact) mass is 265 g/mol. The van der Waals surface area contributed by atoms with E-state index in [-0.39, 0.29) is 5.56 Å². The van der Waals surface area contributed by atoms with Crippen LogP contribution >= 0.6 is 0 Å². The molecule has 5 nitrogen and oxygen atoms in total. The normalized spacial score (nSPS) is 15.9. The van der Waals surface area contributed by atoms with Crippen LogP contribution < -0.4 is 15.6 Å². The van der Waals surface area contributed by atoms with E-state index in [4.69, 9.17) is 4.74 Å². The van der Waals surface area contributed by atoms with Crippen LogP contribution in [0.25, 0.3) is 0 Å². The zero-order valence-corrected chi connectivity index (χ0v) is 11.8. The second-order valence-electron chi connectivity index (χ2n) is 5.23. The lowest BCUT2D eigenvalue weighted by molar-refractivity contribution is 0.341. The minimum absolute atomic E-state index is 0.0491. The summed E-state index contributed by atoms with van der Waals surface area (Å²) in [5.74, 6) is 0.815. The third-order valence-electron chi connectivity index (χ3n) is 3.70. The number of nitrogens with zero attached hydrogens (tertiary/aromatic N) is 2. The summed E-state index contributed by atoms with van der Waals surface area (Å²) >= 11 is 0. The maximum absolute atomic E-state index is 11.9. The first-order valence-corrected chi connectivity index (χ1v) is 7.04. The Morgan fingerprint density at radius 3 is 2.89 bits per heavy atom. The molecule has 1 fully saturated rings. The molecule has 1 heterocycles. The molecule has 1 N–H and O–H groups in total. The molecular formula is C14H23N3O2. The van der Waals surface area contributed by atoms with Crippen molar-refractivity contribution in [2.24, 2.45) is 5.92 Å². The van der Waals surface area contributed by atoms with Crippen molar-refractivity contribution >= 4 is 0 Å². The highest BCUT2D eigenvalue weighted by Gasteiger charge is 2.14. The van der Waals surface area contributed by atoms with Gasteiger partial charge in [0, 0.05) is 24.8 Å². The highest BCUT2D eigenvalue weighted by atomic mass is 16.5. The average Bonchev–Trinajstić information content (AvgIpc) is 2.89. The van der Waals surface area contributed by atoms with Crippen molar-refractivity contribution in [1.29, 1.82) is 0 Å². The quantitative estimate of drug-likeness (QED) is 0.789. The Hall–Kier alpha value is -1.36. The number of rotatable bonds is 6. The van der Waals surface area contributed by atoms with Crippen LogP contribution in [0.2, 0.25) is 0 Å². The zero-order chi connectivity index (χ0) is 13.7. The Morgan fingerprint density at radius 2 is 2.21 bits per heavy atom. The van der Waals surface area contributed by atoms with E-state index in [9.17, 15) is 4.79 Å². The van der Waals surface area contributed by atoms with E-state index >= 15 is 0 Å². The molecular weight excluding hydrogens is 242 g/mol. The van der Waals surface area contributed by atoms with Crippen LogP contribution in [-0.2, 0) is 6.54 Å². The predicted octanol–water partition coefficient (Wildman–Crippen LogP) is 1.34. The summed E-state index contributed by atoms with van der Waals surface area (Å²) in [6.45, 7) is 4.22. The van der Waals surface area contributed by atoms with Crippen molar-refractivity contribution < 1.29 is 4.74 Å². The van der Waals surface area contributed by atoms with Crippen molar-refractivity contribution in [2.75, 3.05) is 20.2 Å². The standard InChI is InChI=1S/C14H23N3O2/c1-11-9-13(18)17(14(16-11)19-2)8-7-15-10-12-5-3-4-6-12/h9,12,15H,3-8,10H2,1-2H3. The van der Waals surface area contributed by atoms with Gasteiger partial charge in [0.1, 0.15) is 0 Å². The minimum atomic E-state index is -0.0491. The lowest BCUT2D eigenvalue weighted by atomic mass is 10.1. The molecule has 0 atom stereocenters. The smallest absolute Gasteiger partial charge is 0.299 e. The summed E-state index contributed by atoms with van der Waals surface area (Å²) in [5, 5.41) is 3.43. The van der Waals surface area contributed by atoms with E-state index in [1.807, 2.05) is 0 Å². The van der Waals surface area contributed by atoms with Crippen molar-refractivity contribution in [2.45, 2.75) is 39.2 Å². The van der Waals surface area contributed by atoms with Gasteiger partial charge in [-0.25, -0.2) is 4.98 Å². The lowest BCUT2D eigenvalue weighted by Crippen LogP contribution is -2.30. The van der Waals surface area contributed by atoms with Gasteiger partial charge in [0.25, 0.3) is 11.6 Å². The second-order valence-corrected chi connectivity index (χ2v) is 5.23. The molecule has 19 heavy (non-hydrogen) atoms. The molecule has 1 aliphatic rings. The fourth-order valence-corrected chi connectivity index (χ4v) is 2.67. The maximum Gasteiger partial charge on any atom is 0.299 e. The Bertz CT molecular complexity index is 464. The van der Waals surface area contributed by atoms with Gasteiger partial charge in [0.15, 0.2) is 0 Å². The Balaban J connectivity index is 1.86. The third kappa shape index (κ3) is 3.80. The molecule has 2 rings (SSSR count). The molecule has 1 saturated carbocycles. The number of methoxy groups -OCH3 is 1. The van der Waals surface area contributed by atoms with Crippen LogP contribution in [0.3, 0.4) is 0 Å². The van der Waals surface area contributed by atoms with Crippen LogP contribution in [-0.4, -0.2) is 29.8 Å². The number of aryl methyl sites for hydroxylation is 1. The first-order chi connectivity index (χ1) is 9.20. The molecule has 0 amide bonds. The average molecular weight is 265 g/mol. The molecule has 1 aromatic rings. The zero-order valence-electron chi connectivity index (χ0n) is 11.8. The molecule has 0 aromatic carbocycles. The van der Waals surface area contributed by atoms with Crippen LogP contribution in [0.5, 0.6) is 6.01 Å². The molecule has 106 valence electrons. The van der Waals surface area contributed by atoms with Gasteiger partial charge in [-0.05, 0) is 32.2 Å². The number of nitrogens with one attached hydrogen (secondary N) is 1. The lowest BCUT2D eigenvalue weighted by Gasteiger charge is -2.13. The molecule has 1 aromatic heterocycles. The van der Waals surface area contributed by atoms with E-state index in [0.717, 1.165) is 19.0 Å². The molecule has 0 bridgehead atoms. The van der Waals surface area contributed by atoms with Crippen LogP contribution in [0.1, 0.15) is 31.4 Å². The van der Waals surface area contributed by atoms with Crippen molar-refractivity contribution in [1.82, 2.24) is 14.9 Å². The number of ether oxygens (including phenoxy) is 1. The van der Waals surface area contributed by atoms with E-state index in [0.29, 0.717) is 18.2 Å². The molecule has 0 saturated heterocycles. The highest BCUT2D eigenvalue weighted by Crippen LogP contribution is 2.23. The number of hydrogen-bond donors (Lipinski definition) is 1. The van der Waals surface area contributed by atoms with Gasteiger partial charge in [0.2, 0.25) is 0 Å². The van der Waals surface area contributed by atoms with E-state index in [1.54, 1.807) is 24.7 Å². The molecule has 1 aliphatic carbocycles. The number of aromatic nitrogens is 2. The molecule has 0 spiro atoms. The van der Waals surface area contributed by atoms with Gasteiger partial charge in [-0.1, -0.05) is 12.8 Å². The van der Waals surface area contributed by atoms with E-state index in [2.05, 4.69) is 10.3 Å². The third-order valence-corrected chi connectivity index (χ3v) is 3.70. The molecule has 0 unspecified atom stereocenters. The van der Waals surface area contributed by atoms with Crippen LogP contribution in [0, 0.1) is 12.8 Å². The summed E-state index contributed by atoms with van der Waals surface area (Å²) in [6.07, 6.45) is 5.40. The summed E-state index contributed by atoms with van der Waals surface area (Å²) < 4.78 is 6.74. The molecule has 0 radical (unpaired) electrons. The van der Waals surface area contributed by atoms with Crippen molar-refractivity contribution in [3.63, 3.8) is 0 Å². The highest BCUT2D eigenvalue weighted by molar-refractivity contribution is 5.06. The van der Waals surface area contributed by atoms with Gasteiger partial charge in [-0.15, -0.1) is 0 Å². The summed E-state index contributed by atoms with van der Waals surface area (Å²) in [4.78, 5) is 16.1. The van der Waals surface area contributed by atoms with Gasteiger partial charge < -0.3 is 10.1 Å². The van der Waals surface area contributed by atoms with E-state index in [1.165, 1.54) is 25.7 Å². The summed E-state index contributed by atoms with van der Waals surface area (Å²) in [5.41, 5.74) is 0.643. The Morgan fingerprint density at radius 1 is 1.47 bits per heavy atom. The van der Waals surface area contributed by atoms with Crippen molar-refractivity contribution in [3.8, 4) is 6.01 Å². The van der Waals surface area contributed by atoms with Gasteiger partial charge in [0.05, 0.1) is 7.11 Å². The fourth-order valence-electron chi connectivity index (χ4n) is 2.67. The SMILES string of the molecule is COc1nc(C)cc(=O)n1CCNCC1CCCC1. The second kappa shape index (κ2) is 6.70. The fraction of sp³-hybridized carbons (Fsp3) is 0.714. The Labute approximate surface area is 114 Å². The number of hydrogen-bond acceptors (Lipinski definition) is 4. The topological polar surface area (TPSA) is 56.1 Å². The van der Waals surface area contributed by atoms with Crippen LogP contribution in [0.15, 0.2) is 10.9 Å². The first kappa shape index (κ1) is 14.1. The van der Waals surface area contributed by atoms with Crippen molar-refractivity contribution in [3.05, 3.63) is 22.1 Å². The predicted molar refractivity (Wildman–Crippen MR) is 74.6 cm³/mol. The molecule has 5 heteroatoms. The largest absolute Gasteiger partial charge is 0.468 e. The first-order valence-electron chi connectivity index (χ1n) is 7.04. The Kier molecular flexibility index (Phi) is 4.96. The van der Waals surface area contributed by atoms with Gasteiger partial charge in [-0.3, -0.25) is 9.36 Å². The maximum atomic E-state index is 11.9. The van der Waals surface area contributed by atoms with Gasteiger partial charge in [-0.2, -0.15) is 0 Å².